The van der Waals surface area contributed by atoms with Gasteiger partial charge in [0.2, 0.25) is 0 Å². The highest BCUT2D eigenvalue weighted by Gasteiger charge is 2.16. The summed E-state index contributed by atoms with van der Waals surface area (Å²) in [5.74, 6) is 0.938. The molecular formula is C27H31ClN6O. The molecule has 7 nitrogen and oxygen atoms in total. The van der Waals surface area contributed by atoms with Crippen molar-refractivity contribution in [1.29, 1.82) is 0 Å². The van der Waals surface area contributed by atoms with E-state index in [0.29, 0.717) is 5.15 Å². The Kier molecular flexibility index (Phi) is 9.52. The molecule has 0 bridgehead atoms. The third-order valence-corrected chi connectivity index (χ3v) is 6.04. The van der Waals surface area contributed by atoms with Crippen LogP contribution in [0.25, 0.3) is 22.2 Å². The van der Waals surface area contributed by atoms with Gasteiger partial charge in [-0.3, -0.25) is 4.98 Å². The number of aryl methyl sites for hydroxylation is 1. The number of anilines is 2. The number of likely N-dealkylation sites (N-methyl/N-ethyl adjacent to an activating group) is 1. The van der Waals surface area contributed by atoms with Crippen molar-refractivity contribution < 1.29 is 4.79 Å². The lowest BCUT2D eigenvalue weighted by Gasteiger charge is -2.33. The molecule has 182 valence electrons. The van der Waals surface area contributed by atoms with Crippen LogP contribution in [-0.2, 0) is 4.79 Å². The van der Waals surface area contributed by atoms with Crippen LogP contribution in [0.5, 0.6) is 0 Å². The lowest BCUT2D eigenvalue weighted by atomic mass is 10.1. The number of carbonyl (C=O) groups excluding carboxylic acids is 1. The average molecular weight is 491 g/mol. The van der Waals surface area contributed by atoms with Crippen LogP contribution in [0.3, 0.4) is 0 Å². The summed E-state index contributed by atoms with van der Waals surface area (Å²) < 4.78 is 0. The molecule has 1 N–H and O–H groups in total. The number of fused-ring (bicyclic) bond motifs is 1. The van der Waals surface area contributed by atoms with Crippen LogP contribution in [0.2, 0.25) is 5.15 Å². The number of piperazine rings is 1. The Hall–Kier alpha value is -3.55. The topological polar surface area (TPSA) is 74.2 Å². The first-order chi connectivity index (χ1) is 17.0. The maximum Gasteiger partial charge on any atom is 0.152 e. The van der Waals surface area contributed by atoms with Gasteiger partial charge in [0.1, 0.15) is 12.6 Å². The second kappa shape index (κ2) is 12.8. The van der Waals surface area contributed by atoms with Crippen molar-refractivity contribution in [1.82, 2.24) is 19.9 Å². The number of nitrogens with zero attached hydrogens (tertiary/aromatic N) is 5. The van der Waals surface area contributed by atoms with Gasteiger partial charge in [0.05, 0.1) is 22.9 Å². The molecule has 1 aliphatic heterocycles. The molecule has 2 aromatic carbocycles. The van der Waals surface area contributed by atoms with Crippen molar-refractivity contribution in [3.63, 3.8) is 0 Å². The summed E-state index contributed by atoms with van der Waals surface area (Å²) in [6, 6.07) is 18.4. The highest BCUT2D eigenvalue weighted by atomic mass is 35.5. The predicted octanol–water partition coefficient (Wildman–Crippen LogP) is 4.95. The van der Waals surface area contributed by atoms with Gasteiger partial charge in [-0.05, 0) is 37.7 Å². The standard InChI is InChI=1S/C19H21ClN6.C7H8.CH2O/c1-21-17-10-14(11-23-19(17)20)13-3-4-15-16(9-13)24-18(12-22-15)26-7-5-25(2)6-8-26;1-7-5-3-2-4-6-7;1-2/h3-4,9-12,21H,5-8H2,1-2H3;2-6H,1H3;1H2. The van der Waals surface area contributed by atoms with Gasteiger partial charge in [-0.15, -0.1) is 0 Å². The summed E-state index contributed by atoms with van der Waals surface area (Å²) in [5.41, 5.74) is 5.95. The minimum atomic E-state index is 0.467. The van der Waals surface area contributed by atoms with Gasteiger partial charge >= 0.3 is 0 Å². The number of hydrogen-bond acceptors (Lipinski definition) is 7. The molecule has 3 heterocycles. The van der Waals surface area contributed by atoms with E-state index in [2.05, 4.69) is 57.3 Å². The van der Waals surface area contributed by atoms with E-state index in [1.807, 2.05) is 56.4 Å². The quantitative estimate of drug-likeness (QED) is 0.407. The Morgan fingerprint density at radius 2 is 1.60 bits per heavy atom. The van der Waals surface area contributed by atoms with E-state index in [-0.39, 0.29) is 0 Å². The van der Waals surface area contributed by atoms with Crippen molar-refractivity contribution >= 4 is 40.9 Å². The fourth-order valence-electron chi connectivity index (χ4n) is 3.68. The average Bonchev–Trinajstić information content (AvgIpc) is 2.91. The normalized spacial score (nSPS) is 13.3. The maximum absolute atomic E-state index is 8.00. The highest BCUT2D eigenvalue weighted by Crippen LogP contribution is 2.28. The van der Waals surface area contributed by atoms with E-state index in [9.17, 15) is 0 Å². The first kappa shape index (κ1) is 26.1. The number of nitrogens with one attached hydrogen (secondary N) is 1. The zero-order chi connectivity index (χ0) is 25.2. The van der Waals surface area contributed by atoms with Gasteiger partial charge < -0.3 is 19.9 Å². The predicted molar refractivity (Wildman–Crippen MR) is 145 cm³/mol. The summed E-state index contributed by atoms with van der Waals surface area (Å²) >= 11 is 6.09. The van der Waals surface area contributed by atoms with Gasteiger partial charge in [-0.2, -0.15) is 0 Å². The molecule has 0 radical (unpaired) electrons. The summed E-state index contributed by atoms with van der Waals surface area (Å²) in [5, 5.41) is 3.53. The molecule has 0 spiro atoms. The second-order valence-corrected chi connectivity index (χ2v) is 8.55. The number of rotatable bonds is 3. The molecule has 0 amide bonds. The van der Waals surface area contributed by atoms with E-state index in [1.54, 1.807) is 6.20 Å². The Balaban J connectivity index is 0.000000324. The lowest BCUT2D eigenvalue weighted by Crippen LogP contribution is -2.44. The van der Waals surface area contributed by atoms with Crippen LogP contribution < -0.4 is 10.2 Å². The molecule has 1 saturated heterocycles. The molecule has 0 atom stereocenters. The minimum absolute atomic E-state index is 0.467. The third kappa shape index (κ3) is 6.97. The molecule has 1 fully saturated rings. The summed E-state index contributed by atoms with van der Waals surface area (Å²) in [6.07, 6.45) is 3.65. The van der Waals surface area contributed by atoms with Crippen LogP contribution in [0.15, 0.2) is 67.0 Å². The van der Waals surface area contributed by atoms with Crippen LogP contribution in [-0.4, -0.2) is 66.9 Å². The number of pyridine rings is 1. The van der Waals surface area contributed by atoms with E-state index >= 15 is 0 Å². The van der Waals surface area contributed by atoms with Gasteiger partial charge in [0, 0.05) is 45.0 Å². The van der Waals surface area contributed by atoms with E-state index < -0.39 is 0 Å². The maximum atomic E-state index is 8.00. The van der Waals surface area contributed by atoms with Gasteiger partial charge in [-0.1, -0.05) is 53.6 Å². The zero-order valence-electron chi connectivity index (χ0n) is 20.4. The van der Waals surface area contributed by atoms with Gasteiger partial charge in [-0.25, -0.2) is 9.97 Å². The number of hydrogen-bond donors (Lipinski definition) is 1. The minimum Gasteiger partial charge on any atom is -0.386 e. The Bertz CT molecular complexity index is 1230. The molecule has 0 aliphatic carbocycles. The highest BCUT2D eigenvalue weighted by molar-refractivity contribution is 6.32. The number of carbonyl (C=O) groups is 1. The molecule has 4 aromatic rings. The number of benzene rings is 2. The fourth-order valence-corrected chi connectivity index (χ4v) is 3.88. The SMILES string of the molecule is C=O.CNc1cc(-c2ccc3ncc(N4CCN(C)CC4)nc3c2)cnc1Cl.Cc1ccccc1. The summed E-state index contributed by atoms with van der Waals surface area (Å²) in [7, 11) is 3.98. The molecule has 2 aromatic heterocycles. The third-order valence-electron chi connectivity index (χ3n) is 5.74. The largest absolute Gasteiger partial charge is 0.386 e. The first-order valence-electron chi connectivity index (χ1n) is 11.4. The number of halogens is 1. The van der Waals surface area contributed by atoms with Crippen LogP contribution in [0, 0.1) is 6.92 Å². The van der Waals surface area contributed by atoms with E-state index in [4.69, 9.17) is 21.4 Å². The molecule has 0 unspecified atom stereocenters. The van der Waals surface area contributed by atoms with Crippen LogP contribution in [0.1, 0.15) is 5.56 Å². The van der Waals surface area contributed by atoms with Crippen molar-refractivity contribution in [2.45, 2.75) is 6.92 Å². The van der Waals surface area contributed by atoms with Crippen LogP contribution in [0.4, 0.5) is 11.5 Å². The van der Waals surface area contributed by atoms with Crippen LogP contribution >= 0.6 is 11.6 Å². The first-order valence-corrected chi connectivity index (χ1v) is 11.8. The molecule has 0 saturated carbocycles. The summed E-state index contributed by atoms with van der Waals surface area (Å²) in [6.45, 7) is 8.12. The van der Waals surface area contributed by atoms with Gasteiger partial charge in [0.25, 0.3) is 0 Å². The van der Waals surface area contributed by atoms with Crippen molar-refractivity contribution in [3.8, 4) is 11.1 Å². The molecular weight excluding hydrogens is 460 g/mol. The molecule has 1 aliphatic rings. The molecule has 35 heavy (non-hydrogen) atoms. The Morgan fingerprint density at radius 3 is 2.23 bits per heavy atom. The monoisotopic (exact) mass is 490 g/mol. The van der Waals surface area contributed by atoms with E-state index in [0.717, 1.165) is 59.8 Å². The van der Waals surface area contributed by atoms with Crippen molar-refractivity contribution in [2.75, 3.05) is 50.5 Å². The zero-order valence-corrected chi connectivity index (χ0v) is 21.2. The van der Waals surface area contributed by atoms with Gasteiger partial charge in [0.15, 0.2) is 5.15 Å². The summed E-state index contributed by atoms with van der Waals surface area (Å²) in [4.78, 5) is 26.3. The van der Waals surface area contributed by atoms with E-state index in [1.165, 1.54) is 5.56 Å². The molecule has 8 heteroatoms. The fraction of sp³-hybridized carbons (Fsp3) is 0.259. The number of aromatic nitrogens is 3. The second-order valence-electron chi connectivity index (χ2n) is 8.19. The van der Waals surface area contributed by atoms with Crippen molar-refractivity contribution in [2.24, 2.45) is 0 Å². The smallest absolute Gasteiger partial charge is 0.152 e. The Labute approximate surface area is 211 Å². The lowest BCUT2D eigenvalue weighted by molar-refractivity contribution is -0.0979. The van der Waals surface area contributed by atoms with Crippen molar-refractivity contribution in [3.05, 3.63) is 77.7 Å². The molecule has 5 rings (SSSR count). The Morgan fingerprint density at radius 1 is 0.886 bits per heavy atom.